The van der Waals surface area contributed by atoms with Gasteiger partial charge in [0.2, 0.25) is 0 Å². The highest BCUT2D eigenvalue weighted by molar-refractivity contribution is 5.85. The number of halogens is 1. The Bertz CT molecular complexity index is 167. The zero-order valence-electron chi connectivity index (χ0n) is 9.66. The monoisotopic (exact) mass is 239 g/mol. The molecule has 0 aromatic carbocycles. The molecular formula is C10H22ClNO3. The SMILES string of the molecule is CCCC(NC(C)CCOC)C(=O)O.Cl. The summed E-state index contributed by atoms with van der Waals surface area (Å²) in [6, 6.07) is -0.241. The number of carboxylic acid groups (broad SMARTS) is 1. The van der Waals surface area contributed by atoms with E-state index in [-0.39, 0.29) is 18.4 Å². The molecule has 0 amide bonds. The molecule has 0 aliphatic heterocycles. The van der Waals surface area contributed by atoms with Crippen LogP contribution < -0.4 is 5.32 Å². The van der Waals surface area contributed by atoms with E-state index in [4.69, 9.17) is 9.84 Å². The van der Waals surface area contributed by atoms with E-state index in [0.717, 1.165) is 12.8 Å². The number of hydrogen-bond donors (Lipinski definition) is 2. The highest BCUT2D eigenvalue weighted by Gasteiger charge is 2.17. The predicted octanol–water partition coefficient (Wildman–Crippen LogP) is 1.68. The van der Waals surface area contributed by atoms with Gasteiger partial charge in [0.15, 0.2) is 0 Å². The van der Waals surface area contributed by atoms with Gasteiger partial charge in [0.1, 0.15) is 6.04 Å². The zero-order chi connectivity index (χ0) is 11.0. The molecule has 5 heteroatoms. The third-order valence-corrected chi connectivity index (χ3v) is 2.12. The summed E-state index contributed by atoms with van der Waals surface area (Å²) >= 11 is 0. The molecule has 0 rings (SSSR count). The second-order valence-electron chi connectivity index (χ2n) is 3.53. The molecule has 0 aliphatic rings. The maximum atomic E-state index is 10.8. The van der Waals surface area contributed by atoms with Crippen LogP contribution in [0.15, 0.2) is 0 Å². The first-order valence-corrected chi connectivity index (χ1v) is 5.09. The number of ether oxygens (including phenoxy) is 1. The summed E-state index contributed by atoms with van der Waals surface area (Å²) in [5.74, 6) is -0.767. The molecule has 92 valence electrons. The van der Waals surface area contributed by atoms with Crippen LogP contribution in [-0.2, 0) is 9.53 Å². The summed E-state index contributed by atoms with van der Waals surface area (Å²) < 4.78 is 4.93. The topological polar surface area (TPSA) is 58.6 Å². The second kappa shape index (κ2) is 10.2. The van der Waals surface area contributed by atoms with Gasteiger partial charge in [-0.05, 0) is 19.8 Å². The molecule has 2 atom stereocenters. The van der Waals surface area contributed by atoms with Crippen LogP contribution in [0.4, 0.5) is 0 Å². The van der Waals surface area contributed by atoms with Gasteiger partial charge >= 0.3 is 5.97 Å². The average Bonchev–Trinajstić information content (AvgIpc) is 2.14. The summed E-state index contributed by atoms with van der Waals surface area (Å²) in [7, 11) is 1.65. The smallest absolute Gasteiger partial charge is 0.320 e. The van der Waals surface area contributed by atoms with Crippen LogP contribution in [0.25, 0.3) is 0 Å². The molecule has 0 heterocycles. The molecule has 0 aliphatic carbocycles. The van der Waals surface area contributed by atoms with Crippen LogP contribution >= 0.6 is 12.4 Å². The van der Waals surface area contributed by atoms with Crippen LogP contribution in [0.2, 0.25) is 0 Å². The van der Waals surface area contributed by atoms with Crippen LogP contribution in [0.1, 0.15) is 33.1 Å². The molecule has 0 bridgehead atoms. The normalized spacial score (nSPS) is 14.1. The Morgan fingerprint density at radius 2 is 2.07 bits per heavy atom. The number of hydrogen-bond acceptors (Lipinski definition) is 3. The molecule has 0 saturated heterocycles. The van der Waals surface area contributed by atoms with Crippen molar-refractivity contribution in [3.63, 3.8) is 0 Å². The number of carboxylic acids is 1. The summed E-state index contributed by atoms with van der Waals surface area (Å²) in [6.45, 7) is 4.62. The fraction of sp³-hybridized carbons (Fsp3) is 0.900. The molecule has 4 nitrogen and oxygen atoms in total. The quantitative estimate of drug-likeness (QED) is 0.677. The molecule has 15 heavy (non-hydrogen) atoms. The van der Waals surface area contributed by atoms with E-state index in [1.165, 1.54) is 0 Å². The van der Waals surface area contributed by atoms with Gasteiger partial charge in [0, 0.05) is 19.8 Å². The Kier molecular flexibility index (Phi) is 11.6. The van der Waals surface area contributed by atoms with Crippen LogP contribution in [0.5, 0.6) is 0 Å². The van der Waals surface area contributed by atoms with Gasteiger partial charge in [-0.3, -0.25) is 4.79 Å². The van der Waals surface area contributed by atoms with Gasteiger partial charge in [-0.2, -0.15) is 0 Å². The molecule has 0 radical (unpaired) electrons. The third kappa shape index (κ3) is 8.66. The van der Waals surface area contributed by atoms with Gasteiger partial charge in [0.05, 0.1) is 0 Å². The molecule has 0 saturated carbocycles. The summed E-state index contributed by atoms with van der Waals surface area (Å²) in [6.07, 6.45) is 2.39. The maximum Gasteiger partial charge on any atom is 0.320 e. The molecule has 2 unspecified atom stereocenters. The van der Waals surface area contributed by atoms with Crippen LogP contribution in [0, 0.1) is 0 Å². The van der Waals surface area contributed by atoms with Gasteiger partial charge in [-0.1, -0.05) is 13.3 Å². The van der Waals surface area contributed by atoms with Crippen molar-refractivity contribution in [1.29, 1.82) is 0 Å². The van der Waals surface area contributed by atoms with Crippen molar-refractivity contribution in [1.82, 2.24) is 5.32 Å². The van der Waals surface area contributed by atoms with E-state index in [1.807, 2.05) is 13.8 Å². The van der Waals surface area contributed by atoms with Crippen molar-refractivity contribution >= 4 is 18.4 Å². The molecule has 0 aromatic rings. The van der Waals surface area contributed by atoms with E-state index >= 15 is 0 Å². The van der Waals surface area contributed by atoms with Gasteiger partial charge in [-0.25, -0.2) is 0 Å². The third-order valence-electron chi connectivity index (χ3n) is 2.12. The van der Waals surface area contributed by atoms with E-state index in [0.29, 0.717) is 13.0 Å². The minimum Gasteiger partial charge on any atom is -0.480 e. The van der Waals surface area contributed by atoms with Gasteiger partial charge in [0.25, 0.3) is 0 Å². The lowest BCUT2D eigenvalue weighted by molar-refractivity contribution is -0.139. The van der Waals surface area contributed by atoms with E-state index in [2.05, 4.69) is 5.32 Å². The van der Waals surface area contributed by atoms with Gasteiger partial charge in [-0.15, -0.1) is 12.4 Å². The molecule has 0 aromatic heterocycles. The van der Waals surface area contributed by atoms with Crippen molar-refractivity contribution in [3.8, 4) is 0 Å². The van der Waals surface area contributed by atoms with E-state index in [9.17, 15) is 4.79 Å². The lowest BCUT2D eigenvalue weighted by atomic mass is 10.1. The maximum absolute atomic E-state index is 10.8. The number of rotatable bonds is 8. The van der Waals surface area contributed by atoms with Crippen molar-refractivity contribution in [2.24, 2.45) is 0 Å². The molecule has 0 spiro atoms. The number of aliphatic carboxylic acids is 1. The van der Waals surface area contributed by atoms with Gasteiger partial charge < -0.3 is 15.2 Å². The lowest BCUT2D eigenvalue weighted by Crippen LogP contribution is -2.42. The first kappa shape index (κ1) is 17.1. The van der Waals surface area contributed by atoms with Crippen molar-refractivity contribution < 1.29 is 14.6 Å². The Labute approximate surface area is 97.8 Å². The van der Waals surface area contributed by atoms with Crippen LogP contribution in [-0.4, -0.2) is 36.9 Å². The first-order valence-electron chi connectivity index (χ1n) is 5.09. The zero-order valence-corrected chi connectivity index (χ0v) is 10.5. The average molecular weight is 240 g/mol. The largest absolute Gasteiger partial charge is 0.480 e. The molecular weight excluding hydrogens is 218 g/mol. The Morgan fingerprint density at radius 3 is 2.47 bits per heavy atom. The highest BCUT2D eigenvalue weighted by Crippen LogP contribution is 2.00. The standard InChI is InChI=1S/C10H21NO3.ClH/c1-4-5-9(10(12)13)11-8(2)6-7-14-3;/h8-9,11H,4-7H2,1-3H3,(H,12,13);1H. The van der Waals surface area contributed by atoms with Crippen molar-refractivity contribution in [2.45, 2.75) is 45.2 Å². The molecule has 0 fully saturated rings. The minimum absolute atomic E-state index is 0. The predicted molar refractivity (Wildman–Crippen MR) is 62.7 cm³/mol. The summed E-state index contributed by atoms with van der Waals surface area (Å²) in [5, 5.41) is 12.0. The van der Waals surface area contributed by atoms with Crippen molar-refractivity contribution in [3.05, 3.63) is 0 Å². The Balaban J connectivity index is 0. The van der Waals surface area contributed by atoms with Crippen molar-refractivity contribution in [2.75, 3.05) is 13.7 Å². The fourth-order valence-corrected chi connectivity index (χ4v) is 1.29. The fourth-order valence-electron chi connectivity index (χ4n) is 1.29. The number of methoxy groups -OCH3 is 1. The summed E-state index contributed by atoms with van der Waals surface area (Å²) in [5.41, 5.74) is 0. The highest BCUT2D eigenvalue weighted by atomic mass is 35.5. The Hall–Kier alpha value is -0.320. The summed E-state index contributed by atoms with van der Waals surface area (Å²) in [4.78, 5) is 10.8. The van der Waals surface area contributed by atoms with Crippen LogP contribution in [0.3, 0.4) is 0 Å². The lowest BCUT2D eigenvalue weighted by Gasteiger charge is -2.19. The van der Waals surface area contributed by atoms with E-state index < -0.39 is 12.0 Å². The minimum atomic E-state index is -0.767. The second-order valence-corrected chi connectivity index (χ2v) is 3.53. The Morgan fingerprint density at radius 1 is 1.47 bits per heavy atom. The number of carbonyl (C=O) groups is 1. The first-order chi connectivity index (χ1) is 6.61. The van der Waals surface area contributed by atoms with E-state index in [1.54, 1.807) is 7.11 Å². The molecule has 2 N–H and O–H groups in total. The number of nitrogens with one attached hydrogen (secondary N) is 1.